The summed E-state index contributed by atoms with van der Waals surface area (Å²) < 4.78 is 54.6. The first-order chi connectivity index (χ1) is 14.2. The summed E-state index contributed by atoms with van der Waals surface area (Å²) in [4.78, 5) is 18.7. The molecule has 0 radical (unpaired) electrons. The van der Waals surface area contributed by atoms with Gasteiger partial charge in [-0.25, -0.2) is 9.37 Å². The molecule has 1 unspecified atom stereocenters. The van der Waals surface area contributed by atoms with Crippen LogP contribution < -0.4 is 0 Å². The summed E-state index contributed by atoms with van der Waals surface area (Å²) in [5, 5.41) is 8.10. The van der Waals surface area contributed by atoms with Gasteiger partial charge in [0.2, 0.25) is 0 Å². The molecule has 0 aliphatic carbocycles. The zero-order chi connectivity index (χ0) is 21.6. The Kier molecular flexibility index (Phi) is 4.79. The average molecular weight is 419 g/mol. The number of fused-ring (bicyclic) bond motifs is 1. The fourth-order valence-electron chi connectivity index (χ4n) is 3.66. The van der Waals surface area contributed by atoms with Crippen molar-refractivity contribution in [3.8, 4) is 5.82 Å². The van der Waals surface area contributed by atoms with Crippen molar-refractivity contribution >= 4 is 5.91 Å². The zero-order valence-electron chi connectivity index (χ0n) is 16.1. The highest BCUT2D eigenvalue weighted by atomic mass is 19.4. The Balaban J connectivity index is 1.66. The summed E-state index contributed by atoms with van der Waals surface area (Å²) in [6.07, 6.45) is -2.87. The molecular formula is C20H17F4N5O. The van der Waals surface area contributed by atoms with Gasteiger partial charge < -0.3 is 4.90 Å². The second kappa shape index (κ2) is 7.19. The van der Waals surface area contributed by atoms with E-state index in [4.69, 9.17) is 0 Å². The third kappa shape index (κ3) is 3.42. The van der Waals surface area contributed by atoms with Crippen LogP contribution in [0.25, 0.3) is 5.82 Å². The normalized spacial score (nSPS) is 16.5. The number of alkyl halides is 3. The molecule has 0 spiro atoms. The number of amides is 1. The number of aromatic nitrogens is 4. The Morgan fingerprint density at radius 2 is 2.00 bits per heavy atom. The molecule has 30 heavy (non-hydrogen) atoms. The largest absolute Gasteiger partial charge is 0.416 e. The Labute approximate surface area is 169 Å². The van der Waals surface area contributed by atoms with Crippen LogP contribution in [0, 0.1) is 12.7 Å². The molecule has 3 aromatic rings. The maximum absolute atomic E-state index is 13.5. The van der Waals surface area contributed by atoms with E-state index in [2.05, 4.69) is 15.3 Å². The minimum absolute atomic E-state index is 0.000635. The molecule has 1 atom stereocenters. The molecule has 0 fully saturated rings. The molecule has 4 rings (SSSR count). The minimum Gasteiger partial charge on any atom is -0.329 e. The van der Waals surface area contributed by atoms with E-state index < -0.39 is 23.5 Å². The van der Waals surface area contributed by atoms with Crippen molar-refractivity contribution in [3.63, 3.8) is 0 Å². The van der Waals surface area contributed by atoms with Crippen LogP contribution in [0.1, 0.15) is 39.8 Å². The molecule has 0 N–H and O–H groups in total. The van der Waals surface area contributed by atoms with Crippen LogP contribution in [0.4, 0.5) is 17.6 Å². The smallest absolute Gasteiger partial charge is 0.329 e. The lowest BCUT2D eigenvalue weighted by molar-refractivity contribution is -0.138. The van der Waals surface area contributed by atoms with Crippen molar-refractivity contribution in [1.29, 1.82) is 0 Å². The predicted octanol–water partition coefficient (Wildman–Crippen LogP) is 3.72. The van der Waals surface area contributed by atoms with Gasteiger partial charge in [0, 0.05) is 30.3 Å². The van der Waals surface area contributed by atoms with Crippen molar-refractivity contribution in [1.82, 2.24) is 24.9 Å². The fourth-order valence-corrected chi connectivity index (χ4v) is 3.66. The maximum Gasteiger partial charge on any atom is 0.416 e. The van der Waals surface area contributed by atoms with Crippen LogP contribution in [0.2, 0.25) is 0 Å². The van der Waals surface area contributed by atoms with Gasteiger partial charge in [0.15, 0.2) is 5.82 Å². The summed E-state index contributed by atoms with van der Waals surface area (Å²) in [5.74, 6) is -0.704. The average Bonchev–Trinajstić information content (AvgIpc) is 3.08. The second-order valence-electron chi connectivity index (χ2n) is 7.19. The molecule has 1 amide bonds. The molecule has 1 aromatic carbocycles. The standard InChI is InChI=1S/C20H17F4N5O/c1-11-8-17-16(26-27-29(17)18-9-13(21)6-7-25-18)10-28(11)19(30)14-4-3-5-15(12(14)2)20(22,23)24/h3-7,9,11H,8,10H2,1-2H3. The van der Waals surface area contributed by atoms with E-state index in [1.807, 2.05) is 0 Å². The van der Waals surface area contributed by atoms with E-state index in [1.54, 1.807) is 6.92 Å². The number of carbonyl (C=O) groups is 1. The van der Waals surface area contributed by atoms with E-state index in [0.29, 0.717) is 17.8 Å². The number of pyridine rings is 1. The zero-order valence-corrected chi connectivity index (χ0v) is 16.1. The molecule has 1 aliphatic rings. The van der Waals surface area contributed by atoms with Gasteiger partial charge in [0.1, 0.15) is 11.5 Å². The van der Waals surface area contributed by atoms with Crippen molar-refractivity contribution in [2.45, 2.75) is 39.0 Å². The van der Waals surface area contributed by atoms with Crippen LogP contribution in [-0.2, 0) is 19.1 Å². The van der Waals surface area contributed by atoms with E-state index in [0.717, 1.165) is 6.07 Å². The van der Waals surface area contributed by atoms with Crippen molar-refractivity contribution < 1.29 is 22.4 Å². The van der Waals surface area contributed by atoms with E-state index in [-0.39, 0.29) is 29.5 Å². The minimum atomic E-state index is -4.54. The summed E-state index contributed by atoms with van der Waals surface area (Å²) in [6, 6.07) is 5.69. The predicted molar refractivity (Wildman–Crippen MR) is 98.3 cm³/mol. The van der Waals surface area contributed by atoms with E-state index in [1.165, 1.54) is 47.0 Å². The highest BCUT2D eigenvalue weighted by molar-refractivity contribution is 5.96. The van der Waals surface area contributed by atoms with Gasteiger partial charge in [-0.3, -0.25) is 4.79 Å². The number of rotatable bonds is 2. The highest BCUT2D eigenvalue weighted by Gasteiger charge is 2.36. The van der Waals surface area contributed by atoms with E-state index >= 15 is 0 Å². The molecule has 0 saturated heterocycles. The molecule has 0 bridgehead atoms. The summed E-state index contributed by atoms with van der Waals surface area (Å²) in [6.45, 7) is 3.17. The lowest BCUT2D eigenvalue weighted by Crippen LogP contribution is -2.43. The Morgan fingerprint density at radius 1 is 1.23 bits per heavy atom. The summed E-state index contributed by atoms with van der Waals surface area (Å²) in [7, 11) is 0. The number of carbonyl (C=O) groups excluding carboxylic acids is 1. The first-order valence-corrected chi connectivity index (χ1v) is 9.20. The molecule has 10 heteroatoms. The molecule has 156 valence electrons. The SMILES string of the molecule is Cc1c(C(=O)N2Cc3nnn(-c4cc(F)ccn4)c3CC2C)cccc1C(F)(F)F. The first kappa shape index (κ1) is 20.0. The molecule has 1 aliphatic heterocycles. The van der Waals surface area contributed by atoms with Crippen LogP contribution >= 0.6 is 0 Å². The molecule has 2 aromatic heterocycles. The van der Waals surface area contributed by atoms with E-state index in [9.17, 15) is 22.4 Å². The molecule has 0 saturated carbocycles. The lowest BCUT2D eigenvalue weighted by Gasteiger charge is -2.33. The van der Waals surface area contributed by atoms with Gasteiger partial charge >= 0.3 is 6.18 Å². The monoisotopic (exact) mass is 419 g/mol. The van der Waals surface area contributed by atoms with Gasteiger partial charge in [-0.15, -0.1) is 5.10 Å². The number of benzene rings is 1. The Hall–Kier alpha value is -3.30. The lowest BCUT2D eigenvalue weighted by atomic mass is 9.98. The second-order valence-corrected chi connectivity index (χ2v) is 7.19. The van der Waals surface area contributed by atoms with Gasteiger partial charge in [0.05, 0.1) is 17.8 Å². The quantitative estimate of drug-likeness (QED) is 0.594. The van der Waals surface area contributed by atoms with Crippen LogP contribution in [0.15, 0.2) is 36.5 Å². The topological polar surface area (TPSA) is 63.9 Å². The maximum atomic E-state index is 13.5. The van der Waals surface area contributed by atoms with Crippen LogP contribution in [-0.4, -0.2) is 36.8 Å². The third-order valence-electron chi connectivity index (χ3n) is 5.24. The third-order valence-corrected chi connectivity index (χ3v) is 5.24. The fraction of sp³-hybridized carbons (Fsp3) is 0.300. The summed E-state index contributed by atoms with van der Waals surface area (Å²) >= 11 is 0. The van der Waals surface area contributed by atoms with Crippen LogP contribution in [0.3, 0.4) is 0 Å². The van der Waals surface area contributed by atoms with Gasteiger partial charge in [-0.2, -0.15) is 17.9 Å². The number of hydrogen-bond donors (Lipinski definition) is 0. The van der Waals surface area contributed by atoms with Crippen molar-refractivity contribution in [3.05, 3.63) is 70.4 Å². The Morgan fingerprint density at radius 3 is 2.70 bits per heavy atom. The molecule has 3 heterocycles. The number of halogens is 4. The van der Waals surface area contributed by atoms with Crippen molar-refractivity contribution in [2.75, 3.05) is 0 Å². The van der Waals surface area contributed by atoms with Gasteiger partial charge in [-0.05, 0) is 37.6 Å². The first-order valence-electron chi connectivity index (χ1n) is 9.20. The summed E-state index contributed by atoms with van der Waals surface area (Å²) in [5.41, 5.74) is 0.240. The Bertz CT molecular complexity index is 1120. The van der Waals surface area contributed by atoms with Gasteiger partial charge in [-0.1, -0.05) is 11.3 Å². The number of nitrogens with zero attached hydrogens (tertiary/aromatic N) is 5. The number of hydrogen-bond acceptors (Lipinski definition) is 4. The highest BCUT2D eigenvalue weighted by Crippen LogP contribution is 2.34. The van der Waals surface area contributed by atoms with Crippen molar-refractivity contribution in [2.24, 2.45) is 0 Å². The van der Waals surface area contributed by atoms with Crippen LogP contribution in [0.5, 0.6) is 0 Å². The van der Waals surface area contributed by atoms with Gasteiger partial charge in [0.25, 0.3) is 5.91 Å². The molecular weight excluding hydrogens is 402 g/mol. The molecule has 6 nitrogen and oxygen atoms in total.